The molecule has 0 saturated heterocycles. The Morgan fingerprint density at radius 3 is 2.10 bits per heavy atom. The van der Waals surface area contributed by atoms with Crippen LogP contribution in [0.1, 0.15) is 20.7 Å². The maximum absolute atomic E-state index is 11.3. The minimum absolute atomic E-state index is 0.173. The molecule has 0 aromatic heterocycles. The van der Waals surface area contributed by atoms with Crippen molar-refractivity contribution in [2.24, 2.45) is 0 Å². The van der Waals surface area contributed by atoms with Gasteiger partial charge in [-0.05, 0) is 24.3 Å². The molecule has 0 unspecified atom stereocenters. The van der Waals surface area contributed by atoms with E-state index in [9.17, 15) is 14.7 Å². The van der Waals surface area contributed by atoms with E-state index < -0.39 is 11.9 Å². The van der Waals surface area contributed by atoms with E-state index in [0.29, 0.717) is 4.90 Å². The SMILES string of the molecule is O=C(O)c1cccc(SSc2ccccc2)c1C(=O)O. The van der Waals surface area contributed by atoms with Crippen molar-refractivity contribution >= 4 is 33.5 Å². The highest BCUT2D eigenvalue weighted by atomic mass is 33.1. The standard InChI is InChI=1S/C14H10O4S2/c15-13(16)10-7-4-8-11(12(10)14(17)18)20-19-9-5-2-1-3-6-9/h1-8H,(H,15,16)(H,17,18). The Bertz CT molecular complexity index is 641. The Morgan fingerprint density at radius 2 is 1.50 bits per heavy atom. The predicted octanol–water partition coefficient (Wildman–Crippen LogP) is 3.88. The molecule has 2 aromatic carbocycles. The van der Waals surface area contributed by atoms with E-state index in [1.54, 1.807) is 12.1 Å². The lowest BCUT2D eigenvalue weighted by molar-refractivity contribution is 0.0648. The maximum atomic E-state index is 11.3. The molecule has 0 amide bonds. The van der Waals surface area contributed by atoms with Crippen molar-refractivity contribution in [3.05, 3.63) is 59.7 Å². The smallest absolute Gasteiger partial charge is 0.337 e. The Balaban J connectivity index is 2.30. The number of hydrogen-bond donors (Lipinski definition) is 2. The van der Waals surface area contributed by atoms with Gasteiger partial charge < -0.3 is 10.2 Å². The molecule has 4 nitrogen and oxygen atoms in total. The van der Waals surface area contributed by atoms with Crippen LogP contribution in [0.2, 0.25) is 0 Å². The van der Waals surface area contributed by atoms with Gasteiger partial charge in [0, 0.05) is 9.79 Å². The van der Waals surface area contributed by atoms with Crippen molar-refractivity contribution in [2.75, 3.05) is 0 Å². The number of carbonyl (C=O) groups is 2. The van der Waals surface area contributed by atoms with Crippen LogP contribution in [0.5, 0.6) is 0 Å². The van der Waals surface area contributed by atoms with Crippen molar-refractivity contribution in [3.63, 3.8) is 0 Å². The summed E-state index contributed by atoms with van der Waals surface area (Å²) in [4.78, 5) is 23.7. The van der Waals surface area contributed by atoms with Gasteiger partial charge in [-0.3, -0.25) is 0 Å². The van der Waals surface area contributed by atoms with Gasteiger partial charge in [0.2, 0.25) is 0 Å². The molecule has 102 valence electrons. The van der Waals surface area contributed by atoms with Crippen molar-refractivity contribution in [1.82, 2.24) is 0 Å². The number of rotatable bonds is 5. The Kier molecular flexibility index (Phi) is 4.70. The molecule has 20 heavy (non-hydrogen) atoms. The molecule has 0 atom stereocenters. The normalized spacial score (nSPS) is 10.2. The first-order valence-corrected chi connectivity index (χ1v) is 7.73. The third-order valence-corrected chi connectivity index (χ3v) is 4.88. The molecule has 0 radical (unpaired) electrons. The van der Waals surface area contributed by atoms with Gasteiger partial charge in [0.25, 0.3) is 0 Å². The Morgan fingerprint density at radius 1 is 0.800 bits per heavy atom. The average molecular weight is 306 g/mol. The quantitative estimate of drug-likeness (QED) is 0.816. The fraction of sp³-hybridized carbons (Fsp3) is 0. The van der Waals surface area contributed by atoms with Crippen molar-refractivity contribution in [3.8, 4) is 0 Å². The molecule has 2 N–H and O–H groups in total. The minimum atomic E-state index is -1.24. The van der Waals surface area contributed by atoms with Crippen molar-refractivity contribution in [1.29, 1.82) is 0 Å². The molecule has 0 aliphatic rings. The van der Waals surface area contributed by atoms with Crippen LogP contribution in [0.15, 0.2) is 58.3 Å². The zero-order chi connectivity index (χ0) is 14.5. The zero-order valence-electron chi connectivity index (χ0n) is 10.1. The van der Waals surface area contributed by atoms with Gasteiger partial charge in [-0.1, -0.05) is 45.9 Å². The monoisotopic (exact) mass is 306 g/mol. The highest BCUT2D eigenvalue weighted by Crippen LogP contribution is 2.39. The van der Waals surface area contributed by atoms with Crippen LogP contribution in [-0.4, -0.2) is 22.2 Å². The van der Waals surface area contributed by atoms with Crippen molar-refractivity contribution in [2.45, 2.75) is 9.79 Å². The lowest BCUT2D eigenvalue weighted by Crippen LogP contribution is -2.09. The van der Waals surface area contributed by atoms with Gasteiger partial charge in [-0.25, -0.2) is 9.59 Å². The average Bonchev–Trinajstić information content (AvgIpc) is 2.45. The highest BCUT2D eigenvalue weighted by Gasteiger charge is 2.20. The van der Waals surface area contributed by atoms with Crippen LogP contribution in [0, 0.1) is 0 Å². The van der Waals surface area contributed by atoms with Crippen molar-refractivity contribution < 1.29 is 19.8 Å². The summed E-state index contributed by atoms with van der Waals surface area (Å²) in [5.74, 6) is -2.48. The molecule has 0 heterocycles. The summed E-state index contributed by atoms with van der Waals surface area (Å²) in [6.07, 6.45) is 0. The number of hydrogen-bond acceptors (Lipinski definition) is 4. The fourth-order valence-electron chi connectivity index (χ4n) is 1.57. The molecule has 2 rings (SSSR count). The van der Waals surface area contributed by atoms with Crippen LogP contribution >= 0.6 is 21.6 Å². The topological polar surface area (TPSA) is 74.6 Å². The summed E-state index contributed by atoms with van der Waals surface area (Å²) in [7, 11) is 2.62. The van der Waals surface area contributed by atoms with Gasteiger partial charge in [-0.15, -0.1) is 0 Å². The molecule has 6 heteroatoms. The second kappa shape index (κ2) is 6.49. The molecular formula is C14H10O4S2. The van der Waals surface area contributed by atoms with Crippen LogP contribution < -0.4 is 0 Å². The van der Waals surface area contributed by atoms with Crippen LogP contribution in [0.3, 0.4) is 0 Å². The van der Waals surface area contributed by atoms with Crippen LogP contribution in [0.4, 0.5) is 0 Å². The molecule has 0 aliphatic heterocycles. The lowest BCUT2D eigenvalue weighted by atomic mass is 10.1. The number of aromatic carboxylic acids is 2. The number of carboxylic acid groups (broad SMARTS) is 2. The first kappa shape index (κ1) is 14.5. The maximum Gasteiger partial charge on any atom is 0.337 e. The molecule has 2 aromatic rings. The van der Waals surface area contributed by atoms with E-state index in [2.05, 4.69) is 0 Å². The van der Waals surface area contributed by atoms with Gasteiger partial charge in [0.1, 0.15) is 0 Å². The van der Waals surface area contributed by atoms with E-state index in [1.165, 1.54) is 27.7 Å². The van der Waals surface area contributed by atoms with Gasteiger partial charge in [0.05, 0.1) is 11.1 Å². The van der Waals surface area contributed by atoms with E-state index in [1.807, 2.05) is 30.3 Å². The molecule has 0 saturated carbocycles. The van der Waals surface area contributed by atoms with E-state index in [-0.39, 0.29) is 11.1 Å². The van der Waals surface area contributed by atoms with Gasteiger partial charge >= 0.3 is 11.9 Å². The third kappa shape index (κ3) is 3.34. The number of benzene rings is 2. The Hall–Kier alpha value is -1.92. The third-order valence-electron chi connectivity index (χ3n) is 2.44. The predicted molar refractivity (Wildman–Crippen MR) is 78.5 cm³/mol. The van der Waals surface area contributed by atoms with Gasteiger partial charge in [-0.2, -0.15) is 0 Å². The molecule has 0 aliphatic carbocycles. The number of carboxylic acids is 2. The molecule has 0 spiro atoms. The second-order valence-corrected chi connectivity index (χ2v) is 6.01. The molecular weight excluding hydrogens is 296 g/mol. The van der Waals surface area contributed by atoms with Crippen LogP contribution in [-0.2, 0) is 0 Å². The summed E-state index contributed by atoms with van der Waals surface area (Å²) in [6, 6.07) is 13.9. The van der Waals surface area contributed by atoms with E-state index in [4.69, 9.17) is 5.11 Å². The highest BCUT2D eigenvalue weighted by molar-refractivity contribution is 8.76. The minimum Gasteiger partial charge on any atom is -0.478 e. The van der Waals surface area contributed by atoms with E-state index in [0.717, 1.165) is 4.90 Å². The van der Waals surface area contributed by atoms with E-state index >= 15 is 0 Å². The van der Waals surface area contributed by atoms with Crippen LogP contribution in [0.25, 0.3) is 0 Å². The molecule has 0 fully saturated rings. The van der Waals surface area contributed by atoms with Gasteiger partial charge in [0.15, 0.2) is 0 Å². The fourth-order valence-corrected chi connectivity index (χ4v) is 3.75. The summed E-state index contributed by atoms with van der Waals surface area (Å²) in [5.41, 5.74) is -0.371. The lowest BCUT2D eigenvalue weighted by Gasteiger charge is -2.08. The summed E-state index contributed by atoms with van der Waals surface area (Å²) in [5, 5.41) is 18.3. The summed E-state index contributed by atoms with van der Waals surface area (Å²) in [6.45, 7) is 0. The summed E-state index contributed by atoms with van der Waals surface area (Å²) >= 11 is 0. The zero-order valence-corrected chi connectivity index (χ0v) is 11.8. The second-order valence-electron chi connectivity index (χ2n) is 3.77. The first-order chi connectivity index (χ1) is 9.59. The summed E-state index contributed by atoms with van der Waals surface area (Å²) < 4.78 is 0. The molecule has 0 bridgehead atoms. The largest absolute Gasteiger partial charge is 0.478 e. The Labute approximate surface area is 123 Å². The first-order valence-electron chi connectivity index (χ1n) is 5.59.